The number of amides is 1. The summed E-state index contributed by atoms with van der Waals surface area (Å²) in [6, 6.07) is 0. The van der Waals surface area contributed by atoms with Crippen molar-refractivity contribution in [2.75, 3.05) is 33.3 Å². The number of rotatable bonds is 5. The van der Waals surface area contributed by atoms with Crippen LogP contribution in [0, 0.1) is 5.92 Å². The molecule has 1 aliphatic heterocycles. The Morgan fingerprint density at radius 2 is 2.43 bits per heavy atom. The Hall–Kier alpha value is -0.610. The number of hydrogen-bond acceptors (Lipinski definition) is 3. The molecule has 1 saturated heterocycles. The average Bonchev–Trinajstić information content (AvgIpc) is 2.58. The molecule has 1 heterocycles. The first-order valence-electron chi connectivity index (χ1n) is 5.28. The second kappa shape index (κ2) is 5.98. The van der Waals surface area contributed by atoms with Gasteiger partial charge in [0, 0.05) is 26.1 Å². The molecule has 4 nitrogen and oxygen atoms in total. The summed E-state index contributed by atoms with van der Waals surface area (Å²) in [6.45, 7) is 3.10. The molecule has 0 aromatic rings. The van der Waals surface area contributed by atoms with Gasteiger partial charge >= 0.3 is 0 Å². The molecule has 0 saturated carbocycles. The zero-order valence-corrected chi connectivity index (χ0v) is 8.83. The molecular weight excluding hydrogens is 180 g/mol. The van der Waals surface area contributed by atoms with Crippen molar-refractivity contribution in [3.05, 3.63) is 0 Å². The summed E-state index contributed by atoms with van der Waals surface area (Å²) in [6.07, 6.45) is 2.19. The maximum atomic E-state index is 11.2. The molecule has 14 heavy (non-hydrogen) atoms. The van der Waals surface area contributed by atoms with Gasteiger partial charge in [-0.3, -0.25) is 4.79 Å². The molecule has 82 valence electrons. The number of nitrogens with one attached hydrogen (secondary N) is 1. The Bertz CT molecular complexity index is 185. The quantitative estimate of drug-likeness (QED) is 0.647. The van der Waals surface area contributed by atoms with Crippen LogP contribution in [-0.2, 0) is 4.79 Å². The summed E-state index contributed by atoms with van der Waals surface area (Å²) in [5.41, 5.74) is 0. The van der Waals surface area contributed by atoms with Gasteiger partial charge in [0.1, 0.15) is 0 Å². The van der Waals surface area contributed by atoms with Crippen LogP contribution in [0.2, 0.25) is 0 Å². The van der Waals surface area contributed by atoms with Crippen molar-refractivity contribution in [3.8, 4) is 0 Å². The van der Waals surface area contributed by atoms with Crippen molar-refractivity contribution >= 4 is 5.91 Å². The third-order valence-corrected chi connectivity index (χ3v) is 2.64. The highest BCUT2D eigenvalue weighted by Gasteiger charge is 2.19. The molecule has 1 rings (SSSR count). The lowest BCUT2D eigenvalue weighted by Crippen LogP contribution is -2.30. The van der Waals surface area contributed by atoms with E-state index < -0.39 is 0 Å². The molecule has 0 radical (unpaired) electrons. The Morgan fingerprint density at radius 3 is 3.00 bits per heavy atom. The largest absolute Gasteiger partial charge is 0.396 e. The molecule has 1 aliphatic rings. The lowest BCUT2D eigenvalue weighted by atomic mass is 10.1. The lowest BCUT2D eigenvalue weighted by molar-refractivity contribution is -0.121. The minimum Gasteiger partial charge on any atom is -0.396 e. The zero-order chi connectivity index (χ0) is 10.4. The van der Waals surface area contributed by atoms with E-state index >= 15 is 0 Å². The minimum absolute atomic E-state index is 0.0635. The highest BCUT2D eigenvalue weighted by atomic mass is 16.3. The van der Waals surface area contributed by atoms with E-state index in [1.807, 2.05) is 0 Å². The summed E-state index contributed by atoms with van der Waals surface area (Å²) < 4.78 is 0. The van der Waals surface area contributed by atoms with E-state index in [4.69, 9.17) is 5.11 Å². The van der Waals surface area contributed by atoms with Crippen molar-refractivity contribution in [1.82, 2.24) is 10.2 Å². The van der Waals surface area contributed by atoms with Crippen molar-refractivity contribution in [3.63, 3.8) is 0 Å². The van der Waals surface area contributed by atoms with Gasteiger partial charge in [-0.1, -0.05) is 0 Å². The second-order valence-corrected chi connectivity index (χ2v) is 4.05. The van der Waals surface area contributed by atoms with Crippen LogP contribution in [0.1, 0.15) is 19.3 Å². The monoisotopic (exact) mass is 200 g/mol. The summed E-state index contributed by atoms with van der Waals surface area (Å²) in [7, 11) is 2.10. The first kappa shape index (κ1) is 11.5. The predicted octanol–water partition coefficient (Wildman–Crippen LogP) is -0.173. The fourth-order valence-corrected chi connectivity index (χ4v) is 1.78. The van der Waals surface area contributed by atoms with Crippen LogP contribution >= 0.6 is 0 Å². The molecule has 0 aromatic heterocycles. The standard InChI is InChI=1S/C10H20N2O2/c1-12-5-4-9(8-12)7-11-10(14)3-2-6-13/h9,13H,2-8H2,1H3,(H,11,14). The van der Waals surface area contributed by atoms with Gasteiger partial charge < -0.3 is 15.3 Å². The highest BCUT2D eigenvalue weighted by molar-refractivity contribution is 5.75. The fourth-order valence-electron chi connectivity index (χ4n) is 1.78. The summed E-state index contributed by atoms with van der Waals surface area (Å²) in [5.74, 6) is 0.673. The van der Waals surface area contributed by atoms with Gasteiger partial charge in [-0.15, -0.1) is 0 Å². The molecule has 2 N–H and O–H groups in total. The Balaban J connectivity index is 2.05. The van der Waals surface area contributed by atoms with E-state index in [0.717, 1.165) is 19.6 Å². The van der Waals surface area contributed by atoms with Crippen LogP contribution < -0.4 is 5.32 Å². The van der Waals surface area contributed by atoms with Crippen molar-refractivity contribution in [2.45, 2.75) is 19.3 Å². The number of carbonyl (C=O) groups is 1. The van der Waals surface area contributed by atoms with Crippen molar-refractivity contribution in [1.29, 1.82) is 0 Å². The van der Waals surface area contributed by atoms with Crippen LogP contribution in [0.25, 0.3) is 0 Å². The van der Waals surface area contributed by atoms with E-state index in [1.54, 1.807) is 0 Å². The fraction of sp³-hybridized carbons (Fsp3) is 0.900. The third-order valence-electron chi connectivity index (χ3n) is 2.64. The van der Waals surface area contributed by atoms with Gasteiger partial charge in [0.25, 0.3) is 0 Å². The topological polar surface area (TPSA) is 52.6 Å². The van der Waals surface area contributed by atoms with Gasteiger partial charge in [0.05, 0.1) is 0 Å². The van der Waals surface area contributed by atoms with Gasteiger partial charge in [0.2, 0.25) is 5.91 Å². The van der Waals surface area contributed by atoms with Gasteiger partial charge in [-0.25, -0.2) is 0 Å². The first-order chi connectivity index (χ1) is 6.72. The molecule has 0 aliphatic carbocycles. The molecule has 0 aromatic carbocycles. The molecule has 1 atom stereocenters. The lowest BCUT2D eigenvalue weighted by Gasteiger charge is -2.11. The number of carbonyl (C=O) groups excluding carboxylic acids is 1. The number of likely N-dealkylation sites (tertiary alicyclic amines) is 1. The minimum atomic E-state index is 0.0635. The number of hydrogen-bond donors (Lipinski definition) is 2. The second-order valence-electron chi connectivity index (χ2n) is 4.05. The normalized spacial score (nSPS) is 22.6. The maximum Gasteiger partial charge on any atom is 0.220 e. The smallest absolute Gasteiger partial charge is 0.220 e. The van der Waals surface area contributed by atoms with Gasteiger partial charge in [-0.2, -0.15) is 0 Å². The SMILES string of the molecule is CN1CCC(CNC(=O)CCCO)C1. The van der Waals surface area contributed by atoms with Crippen molar-refractivity contribution in [2.24, 2.45) is 5.92 Å². The molecular formula is C10H20N2O2. The van der Waals surface area contributed by atoms with E-state index in [-0.39, 0.29) is 12.5 Å². The maximum absolute atomic E-state index is 11.2. The summed E-state index contributed by atoms with van der Waals surface area (Å²) >= 11 is 0. The number of aliphatic hydroxyl groups is 1. The van der Waals surface area contributed by atoms with Crippen LogP contribution in [0.4, 0.5) is 0 Å². The predicted molar refractivity (Wildman–Crippen MR) is 54.9 cm³/mol. The Kier molecular flexibility index (Phi) is 4.90. The summed E-state index contributed by atoms with van der Waals surface area (Å²) in [4.78, 5) is 13.5. The van der Waals surface area contributed by atoms with Crippen LogP contribution in [0.3, 0.4) is 0 Å². The van der Waals surface area contributed by atoms with Gasteiger partial charge in [0.15, 0.2) is 0 Å². The Morgan fingerprint density at radius 1 is 1.64 bits per heavy atom. The molecule has 1 fully saturated rings. The zero-order valence-electron chi connectivity index (χ0n) is 8.83. The van der Waals surface area contributed by atoms with Crippen molar-refractivity contribution < 1.29 is 9.90 Å². The molecule has 1 unspecified atom stereocenters. The van der Waals surface area contributed by atoms with E-state index in [9.17, 15) is 4.79 Å². The first-order valence-corrected chi connectivity index (χ1v) is 5.28. The third kappa shape index (κ3) is 4.07. The van der Waals surface area contributed by atoms with Crippen LogP contribution in [-0.4, -0.2) is 49.2 Å². The Labute approximate surface area is 85.3 Å². The average molecular weight is 200 g/mol. The molecule has 1 amide bonds. The molecule has 0 bridgehead atoms. The molecule has 0 spiro atoms. The number of nitrogens with zero attached hydrogens (tertiary/aromatic N) is 1. The highest BCUT2D eigenvalue weighted by Crippen LogP contribution is 2.12. The summed E-state index contributed by atoms with van der Waals surface area (Å²) in [5, 5.41) is 11.4. The van der Waals surface area contributed by atoms with E-state index in [2.05, 4.69) is 17.3 Å². The van der Waals surface area contributed by atoms with E-state index in [0.29, 0.717) is 18.8 Å². The van der Waals surface area contributed by atoms with Gasteiger partial charge in [-0.05, 0) is 32.4 Å². The van der Waals surface area contributed by atoms with Crippen LogP contribution in [0.15, 0.2) is 0 Å². The molecule has 4 heteroatoms. The number of aliphatic hydroxyl groups excluding tert-OH is 1. The van der Waals surface area contributed by atoms with E-state index in [1.165, 1.54) is 6.42 Å². The van der Waals surface area contributed by atoms with Crippen LogP contribution in [0.5, 0.6) is 0 Å².